The quantitative estimate of drug-likeness (QED) is 0.200. The molecule has 3 rings (SSSR count). The largest absolute Gasteiger partial charge is 0.490 e. The van der Waals surface area contributed by atoms with Gasteiger partial charge < -0.3 is 40.3 Å². The Labute approximate surface area is 171 Å². The summed E-state index contributed by atoms with van der Waals surface area (Å²) in [7, 11) is -17.0. The second kappa shape index (κ2) is 8.53. The van der Waals surface area contributed by atoms with Crippen LogP contribution in [0.4, 0.5) is 5.82 Å². The van der Waals surface area contributed by atoms with Crippen LogP contribution in [0.3, 0.4) is 0 Å². The number of nitrogens with two attached hydrogens (primary N) is 1. The van der Waals surface area contributed by atoms with Gasteiger partial charge in [0.15, 0.2) is 23.1 Å². The van der Waals surface area contributed by atoms with E-state index in [1.165, 1.54) is 4.57 Å². The maximum Gasteiger partial charge on any atom is 0.490 e. The van der Waals surface area contributed by atoms with Gasteiger partial charge in [-0.05, 0) is 0 Å². The maximum absolute atomic E-state index is 12.3. The smallest absolute Gasteiger partial charge is 0.394 e. The first-order valence-electron chi connectivity index (χ1n) is 7.92. The summed E-state index contributed by atoms with van der Waals surface area (Å²) in [5, 5.41) is 19.2. The normalized spacial score (nSPS) is 24.3. The zero-order chi connectivity index (χ0) is 23.2. The van der Waals surface area contributed by atoms with E-state index in [0.29, 0.717) is 0 Å². The standard InChI is InChI=1S/C10H16N5O13P3/c11-8-5-9(13-2-12-8)15-3-25-6(4(17)1-16)7(10(15)14-5)26-30(21,22)28-31(23,24)27-29(18,19)20/h2,4,6-7,16-17H,1,3H2,(H,21,22)(H,23,24)(H2,11,12,13)(H2,18,19,20). The minimum Gasteiger partial charge on any atom is -0.394 e. The van der Waals surface area contributed by atoms with Crippen molar-refractivity contribution >= 4 is 40.4 Å². The summed E-state index contributed by atoms with van der Waals surface area (Å²) < 4.78 is 53.3. The van der Waals surface area contributed by atoms with E-state index in [9.17, 15) is 33.7 Å². The van der Waals surface area contributed by atoms with Gasteiger partial charge in [0.25, 0.3) is 0 Å². The first kappa shape index (κ1) is 24.3. The van der Waals surface area contributed by atoms with E-state index < -0.39 is 48.4 Å². The molecule has 2 aromatic heterocycles. The minimum atomic E-state index is -5.80. The Kier molecular flexibility index (Phi) is 6.68. The number of phosphoric ester groups is 1. The Morgan fingerprint density at radius 3 is 2.48 bits per heavy atom. The number of hydrogen-bond acceptors (Lipinski definition) is 13. The lowest BCUT2D eigenvalue weighted by Crippen LogP contribution is -2.42. The van der Waals surface area contributed by atoms with Crippen molar-refractivity contribution in [1.82, 2.24) is 19.5 Å². The van der Waals surface area contributed by atoms with Crippen molar-refractivity contribution in [2.24, 2.45) is 0 Å². The zero-order valence-corrected chi connectivity index (χ0v) is 17.7. The van der Waals surface area contributed by atoms with Crippen molar-refractivity contribution < 1.29 is 61.4 Å². The van der Waals surface area contributed by atoms with E-state index in [-0.39, 0.29) is 29.5 Å². The van der Waals surface area contributed by atoms with Crippen LogP contribution in [-0.4, -0.2) is 68.1 Å². The van der Waals surface area contributed by atoms with Gasteiger partial charge in [0.1, 0.15) is 31.1 Å². The van der Waals surface area contributed by atoms with Crippen LogP contribution in [0, 0.1) is 0 Å². The highest BCUT2D eigenvalue weighted by molar-refractivity contribution is 7.66. The van der Waals surface area contributed by atoms with Crippen molar-refractivity contribution in [3.05, 3.63) is 12.2 Å². The topological polar surface area (TPSA) is 279 Å². The Morgan fingerprint density at radius 1 is 1.19 bits per heavy atom. The number of aliphatic hydroxyl groups is 2. The van der Waals surface area contributed by atoms with E-state index in [0.717, 1.165) is 6.33 Å². The molecule has 0 fully saturated rings. The average Bonchev–Trinajstić information content (AvgIpc) is 2.98. The summed E-state index contributed by atoms with van der Waals surface area (Å²) in [4.78, 5) is 48.2. The highest BCUT2D eigenvalue weighted by atomic mass is 31.3. The molecule has 0 amide bonds. The fraction of sp³-hybridized carbons (Fsp3) is 0.500. The second-order valence-electron chi connectivity index (χ2n) is 5.96. The Morgan fingerprint density at radius 2 is 1.87 bits per heavy atom. The molecular weight excluding hydrogens is 491 g/mol. The lowest BCUT2D eigenvalue weighted by atomic mass is 10.1. The molecule has 21 heteroatoms. The molecule has 5 atom stereocenters. The van der Waals surface area contributed by atoms with Crippen LogP contribution in [0.1, 0.15) is 11.9 Å². The molecule has 8 N–H and O–H groups in total. The predicted octanol–water partition coefficient (Wildman–Crippen LogP) is -1.50. The van der Waals surface area contributed by atoms with Crippen molar-refractivity contribution in [2.45, 2.75) is 25.0 Å². The third-order valence-electron chi connectivity index (χ3n) is 3.77. The number of nitrogens with zero attached hydrogens (tertiary/aromatic N) is 4. The zero-order valence-electron chi connectivity index (χ0n) is 15.0. The number of anilines is 1. The van der Waals surface area contributed by atoms with Gasteiger partial charge in [-0.2, -0.15) is 8.62 Å². The summed E-state index contributed by atoms with van der Waals surface area (Å²) in [6, 6.07) is 0. The molecule has 3 heterocycles. The van der Waals surface area contributed by atoms with Crippen molar-refractivity contribution in [2.75, 3.05) is 12.3 Å². The molecule has 0 radical (unpaired) electrons. The molecular formula is C10H16N5O13P3. The average molecular weight is 507 g/mol. The Balaban J connectivity index is 1.99. The fourth-order valence-electron chi connectivity index (χ4n) is 2.68. The fourth-order valence-corrected chi connectivity index (χ4v) is 5.84. The number of imidazole rings is 1. The number of phosphoric acid groups is 3. The van der Waals surface area contributed by atoms with E-state index in [1.807, 2.05) is 0 Å². The van der Waals surface area contributed by atoms with Crippen LogP contribution in [0.5, 0.6) is 0 Å². The van der Waals surface area contributed by atoms with Crippen LogP contribution in [0.2, 0.25) is 0 Å². The molecule has 1 aliphatic rings. The highest BCUT2D eigenvalue weighted by Crippen LogP contribution is 2.67. The summed E-state index contributed by atoms with van der Waals surface area (Å²) in [6.45, 7) is -1.20. The highest BCUT2D eigenvalue weighted by Gasteiger charge is 2.47. The first-order chi connectivity index (χ1) is 14.2. The SMILES string of the molecule is Nc1ncnc2c1nc1n2COC(C(O)CO)C1OP(=O)(O)OP(=O)(O)OP(=O)(O)O. The number of hydrogen-bond donors (Lipinski definition) is 7. The van der Waals surface area contributed by atoms with Gasteiger partial charge in [-0.25, -0.2) is 28.6 Å². The van der Waals surface area contributed by atoms with Crippen molar-refractivity contribution in [1.29, 1.82) is 0 Å². The molecule has 0 saturated heterocycles. The molecule has 0 bridgehead atoms. The number of rotatable bonds is 8. The van der Waals surface area contributed by atoms with Gasteiger partial charge in [-0.3, -0.25) is 9.09 Å². The Bertz CT molecular complexity index is 1120. The number of aromatic nitrogens is 4. The van der Waals surface area contributed by atoms with Gasteiger partial charge in [0.2, 0.25) is 0 Å². The molecule has 0 aliphatic carbocycles. The summed E-state index contributed by atoms with van der Waals surface area (Å²) in [5.41, 5.74) is 5.85. The molecule has 31 heavy (non-hydrogen) atoms. The molecule has 1 aliphatic heterocycles. The van der Waals surface area contributed by atoms with E-state index >= 15 is 0 Å². The number of aliphatic hydroxyl groups excluding tert-OH is 2. The van der Waals surface area contributed by atoms with E-state index in [2.05, 4.69) is 23.6 Å². The molecule has 0 aromatic carbocycles. The number of nitrogen functional groups attached to an aromatic ring is 1. The second-order valence-corrected chi connectivity index (χ2v) is 10.3. The number of fused-ring (bicyclic) bond motifs is 3. The van der Waals surface area contributed by atoms with Crippen molar-refractivity contribution in [3.63, 3.8) is 0 Å². The van der Waals surface area contributed by atoms with Crippen LogP contribution in [-0.2, 0) is 38.3 Å². The predicted molar refractivity (Wildman–Crippen MR) is 95.4 cm³/mol. The lowest BCUT2D eigenvalue weighted by Gasteiger charge is -2.34. The van der Waals surface area contributed by atoms with Crippen LogP contribution in [0.25, 0.3) is 11.2 Å². The van der Waals surface area contributed by atoms with Crippen molar-refractivity contribution in [3.8, 4) is 0 Å². The summed E-state index contributed by atoms with van der Waals surface area (Å²) in [6.07, 6.45) is -3.96. The van der Waals surface area contributed by atoms with Gasteiger partial charge in [-0.1, -0.05) is 0 Å². The van der Waals surface area contributed by atoms with Crippen LogP contribution in [0.15, 0.2) is 6.33 Å². The van der Waals surface area contributed by atoms with Gasteiger partial charge in [0.05, 0.1) is 6.61 Å². The third kappa shape index (κ3) is 5.53. The van der Waals surface area contributed by atoms with Gasteiger partial charge >= 0.3 is 23.5 Å². The lowest BCUT2D eigenvalue weighted by molar-refractivity contribution is -0.149. The maximum atomic E-state index is 12.3. The number of ether oxygens (including phenoxy) is 1. The molecule has 5 unspecified atom stereocenters. The van der Waals surface area contributed by atoms with E-state index in [4.69, 9.17) is 24.8 Å². The van der Waals surface area contributed by atoms with E-state index in [1.54, 1.807) is 0 Å². The van der Waals surface area contributed by atoms with Gasteiger partial charge in [0, 0.05) is 0 Å². The third-order valence-corrected chi connectivity index (χ3v) is 7.59. The Hall–Kier alpha value is -1.36. The summed E-state index contributed by atoms with van der Waals surface area (Å²) in [5.74, 6) is -0.296. The summed E-state index contributed by atoms with van der Waals surface area (Å²) >= 11 is 0. The monoisotopic (exact) mass is 507 g/mol. The molecule has 0 spiro atoms. The molecule has 2 aromatic rings. The first-order valence-corrected chi connectivity index (χ1v) is 12.4. The van der Waals surface area contributed by atoms with Crippen LogP contribution >= 0.6 is 23.5 Å². The van der Waals surface area contributed by atoms with Crippen LogP contribution < -0.4 is 5.73 Å². The van der Waals surface area contributed by atoms with Gasteiger partial charge in [-0.15, -0.1) is 0 Å². The molecule has 174 valence electrons. The molecule has 0 saturated carbocycles. The molecule has 18 nitrogen and oxygen atoms in total. The minimum absolute atomic E-state index is 0.0280.